The molecule has 0 bridgehead atoms. The number of carbonyl (C=O) groups excluding carboxylic acids is 1. The van der Waals surface area contributed by atoms with Crippen LogP contribution in [0.1, 0.15) is 17.4 Å². The van der Waals surface area contributed by atoms with Crippen LogP contribution in [0.5, 0.6) is 5.75 Å². The van der Waals surface area contributed by atoms with Crippen LogP contribution in [0.15, 0.2) is 48.5 Å². The van der Waals surface area contributed by atoms with Gasteiger partial charge < -0.3 is 10.1 Å². The molecule has 3 aromatic rings. The smallest absolute Gasteiger partial charge is 0.276 e. The lowest BCUT2D eigenvalue weighted by molar-refractivity contribution is 0.102. The van der Waals surface area contributed by atoms with Crippen LogP contribution in [-0.4, -0.2) is 22.7 Å². The minimum absolute atomic E-state index is 0.264. The highest BCUT2D eigenvalue weighted by Crippen LogP contribution is 2.25. The largest absolute Gasteiger partial charge is 0.492 e. The Morgan fingerprint density at radius 3 is 2.81 bits per heavy atom. The van der Waals surface area contributed by atoms with E-state index in [1.807, 2.05) is 49.4 Å². The quantitative estimate of drug-likeness (QED) is 0.771. The summed E-state index contributed by atoms with van der Waals surface area (Å²) >= 11 is 0. The Morgan fingerprint density at radius 2 is 1.95 bits per heavy atom. The van der Waals surface area contributed by atoms with E-state index in [1.54, 1.807) is 6.07 Å². The molecule has 1 aromatic heterocycles. The summed E-state index contributed by atoms with van der Waals surface area (Å²) in [6.45, 7) is 2.44. The highest BCUT2D eigenvalue weighted by atomic mass is 16.5. The topological polar surface area (TPSA) is 67.0 Å². The number of benzene rings is 2. The molecule has 2 aromatic carbocycles. The first-order chi connectivity index (χ1) is 10.3. The summed E-state index contributed by atoms with van der Waals surface area (Å²) in [6.07, 6.45) is 0. The predicted octanol–water partition coefficient (Wildman–Crippen LogP) is 3.21. The monoisotopic (exact) mass is 281 g/mol. The van der Waals surface area contributed by atoms with Crippen LogP contribution in [0, 0.1) is 0 Å². The van der Waals surface area contributed by atoms with Crippen molar-refractivity contribution in [2.45, 2.75) is 6.92 Å². The number of anilines is 1. The van der Waals surface area contributed by atoms with E-state index >= 15 is 0 Å². The molecular formula is C16H15N3O2. The normalized spacial score (nSPS) is 10.5. The number of fused-ring (bicyclic) bond motifs is 1. The molecule has 0 saturated heterocycles. The Morgan fingerprint density at radius 1 is 1.19 bits per heavy atom. The fourth-order valence-corrected chi connectivity index (χ4v) is 2.17. The summed E-state index contributed by atoms with van der Waals surface area (Å²) < 4.78 is 5.50. The van der Waals surface area contributed by atoms with Crippen molar-refractivity contribution >= 4 is 22.5 Å². The highest BCUT2D eigenvalue weighted by molar-refractivity contribution is 6.11. The molecule has 0 unspecified atom stereocenters. The molecule has 1 heterocycles. The van der Waals surface area contributed by atoms with Crippen LogP contribution in [0.2, 0.25) is 0 Å². The molecule has 0 spiro atoms. The van der Waals surface area contributed by atoms with E-state index in [9.17, 15) is 4.79 Å². The second kappa shape index (κ2) is 5.66. The van der Waals surface area contributed by atoms with Crippen LogP contribution in [0.3, 0.4) is 0 Å². The van der Waals surface area contributed by atoms with Crippen molar-refractivity contribution < 1.29 is 9.53 Å². The summed E-state index contributed by atoms with van der Waals surface area (Å²) in [7, 11) is 0. The van der Waals surface area contributed by atoms with Crippen LogP contribution >= 0.6 is 0 Å². The zero-order valence-electron chi connectivity index (χ0n) is 11.6. The Kier molecular flexibility index (Phi) is 3.55. The number of para-hydroxylation sites is 3. The second-order valence-electron chi connectivity index (χ2n) is 4.50. The molecule has 0 fully saturated rings. The minimum atomic E-state index is -0.264. The molecule has 2 N–H and O–H groups in total. The van der Waals surface area contributed by atoms with E-state index < -0.39 is 0 Å². The van der Waals surface area contributed by atoms with Gasteiger partial charge in [-0.25, -0.2) is 0 Å². The lowest BCUT2D eigenvalue weighted by Crippen LogP contribution is -2.13. The molecule has 5 nitrogen and oxygen atoms in total. The molecule has 0 aliphatic heterocycles. The number of amides is 1. The fraction of sp³-hybridized carbons (Fsp3) is 0.125. The molecule has 0 saturated carbocycles. The van der Waals surface area contributed by atoms with Crippen molar-refractivity contribution in [1.82, 2.24) is 10.2 Å². The first kappa shape index (κ1) is 13.2. The fourth-order valence-electron chi connectivity index (χ4n) is 2.17. The zero-order chi connectivity index (χ0) is 14.7. The van der Waals surface area contributed by atoms with E-state index in [4.69, 9.17) is 4.74 Å². The van der Waals surface area contributed by atoms with E-state index in [2.05, 4.69) is 15.5 Å². The third kappa shape index (κ3) is 2.58. The maximum Gasteiger partial charge on any atom is 0.276 e. The predicted molar refractivity (Wildman–Crippen MR) is 81.7 cm³/mol. The summed E-state index contributed by atoms with van der Waals surface area (Å²) in [5.41, 5.74) is 1.84. The van der Waals surface area contributed by atoms with E-state index in [-0.39, 0.29) is 5.91 Å². The average Bonchev–Trinajstić information content (AvgIpc) is 2.93. The molecule has 5 heteroatoms. The molecule has 106 valence electrons. The van der Waals surface area contributed by atoms with Gasteiger partial charge in [0.05, 0.1) is 17.8 Å². The third-order valence-corrected chi connectivity index (χ3v) is 3.12. The summed E-state index contributed by atoms with van der Waals surface area (Å²) in [5, 5.41) is 10.6. The van der Waals surface area contributed by atoms with Gasteiger partial charge in [0.2, 0.25) is 0 Å². The SMILES string of the molecule is CCOc1ccccc1NC(=O)c1n[nH]c2ccccc12. The average molecular weight is 281 g/mol. The maximum atomic E-state index is 12.4. The number of hydrogen-bond acceptors (Lipinski definition) is 3. The molecule has 1 amide bonds. The van der Waals surface area contributed by atoms with E-state index in [0.29, 0.717) is 23.7 Å². The third-order valence-electron chi connectivity index (χ3n) is 3.12. The number of aromatic amines is 1. The first-order valence-corrected chi connectivity index (χ1v) is 6.76. The molecule has 0 atom stereocenters. The molecule has 0 aliphatic rings. The molecular weight excluding hydrogens is 266 g/mol. The Labute approximate surface area is 121 Å². The van der Waals surface area contributed by atoms with Crippen molar-refractivity contribution in [2.24, 2.45) is 0 Å². The molecule has 3 rings (SSSR count). The molecule has 0 aliphatic carbocycles. The van der Waals surface area contributed by atoms with Gasteiger partial charge in [0, 0.05) is 5.39 Å². The number of aromatic nitrogens is 2. The number of carbonyl (C=O) groups is 1. The number of nitrogens with zero attached hydrogens (tertiary/aromatic N) is 1. The number of hydrogen-bond donors (Lipinski definition) is 2. The van der Waals surface area contributed by atoms with Crippen LogP contribution < -0.4 is 10.1 Å². The van der Waals surface area contributed by atoms with Gasteiger partial charge in [-0.3, -0.25) is 9.89 Å². The summed E-state index contributed by atoms with van der Waals surface area (Å²) in [5.74, 6) is 0.382. The van der Waals surface area contributed by atoms with Crippen LogP contribution in [-0.2, 0) is 0 Å². The van der Waals surface area contributed by atoms with Crippen molar-refractivity contribution in [3.05, 3.63) is 54.2 Å². The first-order valence-electron chi connectivity index (χ1n) is 6.76. The Hall–Kier alpha value is -2.82. The van der Waals surface area contributed by atoms with Crippen LogP contribution in [0.4, 0.5) is 5.69 Å². The van der Waals surface area contributed by atoms with Gasteiger partial charge in [-0.15, -0.1) is 0 Å². The van der Waals surface area contributed by atoms with Crippen molar-refractivity contribution in [3.63, 3.8) is 0 Å². The van der Waals surface area contributed by atoms with Crippen molar-refractivity contribution in [2.75, 3.05) is 11.9 Å². The number of nitrogens with one attached hydrogen (secondary N) is 2. The summed E-state index contributed by atoms with van der Waals surface area (Å²) in [4.78, 5) is 12.4. The number of ether oxygens (including phenoxy) is 1. The van der Waals surface area contributed by atoms with Gasteiger partial charge in [-0.2, -0.15) is 5.10 Å². The van der Waals surface area contributed by atoms with Gasteiger partial charge >= 0.3 is 0 Å². The van der Waals surface area contributed by atoms with Gasteiger partial charge in [-0.1, -0.05) is 30.3 Å². The summed E-state index contributed by atoms with van der Waals surface area (Å²) in [6, 6.07) is 14.9. The minimum Gasteiger partial charge on any atom is -0.492 e. The van der Waals surface area contributed by atoms with E-state index in [0.717, 1.165) is 10.9 Å². The number of H-pyrrole nitrogens is 1. The molecule has 0 radical (unpaired) electrons. The number of rotatable bonds is 4. The Bertz CT molecular complexity index is 780. The zero-order valence-corrected chi connectivity index (χ0v) is 11.6. The van der Waals surface area contributed by atoms with Gasteiger partial charge in [0.1, 0.15) is 5.75 Å². The van der Waals surface area contributed by atoms with Crippen molar-refractivity contribution in [1.29, 1.82) is 0 Å². The lowest BCUT2D eigenvalue weighted by Gasteiger charge is -2.10. The Balaban J connectivity index is 1.90. The maximum absolute atomic E-state index is 12.4. The molecule has 21 heavy (non-hydrogen) atoms. The van der Waals surface area contributed by atoms with Crippen LogP contribution in [0.25, 0.3) is 10.9 Å². The van der Waals surface area contributed by atoms with Crippen molar-refractivity contribution in [3.8, 4) is 5.75 Å². The standard InChI is InChI=1S/C16H15N3O2/c1-2-21-14-10-6-5-9-13(14)17-16(20)15-11-7-3-4-8-12(11)18-19-15/h3-10H,2H2,1H3,(H,17,20)(H,18,19). The van der Waals surface area contributed by atoms with Gasteiger partial charge in [0.25, 0.3) is 5.91 Å². The highest BCUT2D eigenvalue weighted by Gasteiger charge is 2.15. The van der Waals surface area contributed by atoms with E-state index in [1.165, 1.54) is 0 Å². The van der Waals surface area contributed by atoms with Gasteiger partial charge in [0.15, 0.2) is 5.69 Å². The van der Waals surface area contributed by atoms with Gasteiger partial charge in [-0.05, 0) is 25.1 Å². The second-order valence-corrected chi connectivity index (χ2v) is 4.50. The lowest BCUT2D eigenvalue weighted by atomic mass is 10.2.